The van der Waals surface area contributed by atoms with Crippen molar-refractivity contribution < 1.29 is 23.4 Å². The summed E-state index contributed by atoms with van der Waals surface area (Å²) in [5.41, 5.74) is 1.75. The number of carboxylic acids is 1. The van der Waals surface area contributed by atoms with Crippen molar-refractivity contribution in [2.75, 3.05) is 32.8 Å². The SMILES string of the molecule is Cl.O=C(O)[C@@H]1CCCN(CCOCCC(c2ccc(F)cc2)c2cccc(F)c2)C1. The number of hydrogen-bond donors (Lipinski definition) is 1. The number of likely N-dealkylation sites (tertiary alicyclic amines) is 1. The van der Waals surface area contributed by atoms with Crippen LogP contribution in [0.15, 0.2) is 48.5 Å². The van der Waals surface area contributed by atoms with Crippen molar-refractivity contribution in [3.8, 4) is 0 Å². The molecule has 1 fully saturated rings. The Morgan fingerprint density at radius 1 is 1.10 bits per heavy atom. The van der Waals surface area contributed by atoms with Gasteiger partial charge in [0, 0.05) is 25.6 Å². The highest BCUT2D eigenvalue weighted by molar-refractivity contribution is 5.85. The number of halogens is 3. The van der Waals surface area contributed by atoms with Crippen LogP contribution in [0, 0.1) is 17.6 Å². The van der Waals surface area contributed by atoms with E-state index in [1.165, 1.54) is 24.3 Å². The van der Waals surface area contributed by atoms with Gasteiger partial charge in [0.25, 0.3) is 0 Å². The van der Waals surface area contributed by atoms with Gasteiger partial charge in [0.1, 0.15) is 11.6 Å². The van der Waals surface area contributed by atoms with Gasteiger partial charge in [-0.15, -0.1) is 12.4 Å². The first-order chi connectivity index (χ1) is 14.0. The van der Waals surface area contributed by atoms with E-state index in [-0.39, 0.29) is 35.9 Å². The second-order valence-corrected chi connectivity index (χ2v) is 7.54. The molecule has 1 aliphatic rings. The van der Waals surface area contributed by atoms with Gasteiger partial charge in [-0.1, -0.05) is 24.3 Å². The van der Waals surface area contributed by atoms with E-state index in [0.717, 1.165) is 30.5 Å². The van der Waals surface area contributed by atoms with E-state index >= 15 is 0 Å². The highest BCUT2D eigenvalue weighted by atomic mass is 35.5. The Balaban J connectivity index is 0.00000320. The molecule has 2 aromatic carbocycles. The van der Waals surface area contributed by atoms with Crippen molar-refractivity contribution in [2.45, 2.75) is 25.2 Å². The summed E-state index contributed by atoms with van der Waals surface area (Å²) in [6.07, 6.45) is 2.27. The molecular weight excluding hydrogens is 412 g/mol. The van der Waals surface area contributed by atoms with Crippen LogP contribution in [0.25, 0.3) is 0 Å². The molecule has 0 spiro atoms. The molecule has 0 aromatic heterocycles. The number of ether oxygens (including phenoxy) is 1. The number of rotatable bonds is 9. The van der Waals surface area contributed by atoms with Crippen LogP contribution in [0.2, 0.25) is 0 Å². The standard InChI is InChI=1S/C23H27F2NO3.ClH/c24-20-8-6-17(7-9-20)22(18-3-1-5-21(25)15-18)10-13-29-14-12-26-11-2-4-19(16-26)23(27)28;/h1,3,5-9,15,19,22H,2,4,10-14,16H2,(H,27,28);1H/t19-,22?;/m1./s1. The zero-order valence-corrected chi connectivity index (χ0v) is 17.6. The largest absolute Gasteiger partial charge is 0.481 e. The first kappa shape index (κ1) is 24.3. The van der Waals surface area contributed by atoms with E-state index in [0.29, 0.717) is 32.7 Å². The van der Waals surface area contributed by atoms with Crippen molar-refractivity contribution in [3.05, 3.63) is 71.3 Å². The first-order valence-corrected chi connectivity index (χ1v) is 10.1. The monoisotopic (exact) mass is 439 g/mol. The molecule has 1 unspecified atom stereocenters. The molecule has 30 heavy (non-hydrogen) atoms. The van der Waals surface area contributed by atoms with Gasteiger partial charge < -0.3 is 14.7 Å². The van der Waals surface area contributed by atoms with Crippen molar-refractivity contribution in [1.29, 1.82) is 0 Å². The van der Waals surface area contributed by atoms with E-state index in [2.05, 4.69) is 4.90 Å². The van der Waals surface area contributed by atoms with Crippen molar-refractivity contribution in [1.82, 2.24) is 4.90 Å². The molecule has 2 aromatic rings. The maximum Gasteiger partial charge on any atom is 0.307 e. The van der Waals surface area contributed by atoms with Gasteiger partial charge in [0.15, 0.2) is 0 Å². The lowest BCUT2D eigenvalue weighted by atomic mass is 9.89. The minimum Gasteiger partial charge on any atom is -0.481 e. The summed E-state index contributed by atoms with van der Waals surface area (Å²) >= 11 is 0. The van der Waals surface area contributed by atoms with Gasteiger partial charge in [0.2, 0.25) is 0 Å². The third-order valence-corrected chi connectivity index (χ3v) is 5.48. The number of carbonyl (C=O) groups is 1. The van der Waals surface area contributed by atoms with Crippen molar-refractivity contribution in [3.63, 3.8) is 0 Å². The normalized spacial score (nSPS) is 17.9. The molecule has 1 aliphatic heterocycles. The minimum atomic E-state index is -0.729. The van der Waals surface area contributed by atoms with Crippen LogP contribution >= 0.6 is 12.4 Å². The molecular formula is C23H28ClF2NO3. The van der Waals surface area contributed by atoms with E-state index < -0.39 is 5.97 Å². The topological polar surface area (TPSA) is 49.8 Å². The second kappa shape index (κ2) is 12.0. The van der Waals surface area contributed by atoms with Gasteiger partial charge in [-0.2, -0.15) is 0 Å². The smallest absolute Gasteiger partial charge is 0.307 e. The molecule has 0 saturated carbocycles. The molecule has 1 heterocycles. The van der Waals surface area contributed by atoms with Gasteiger partial charge in [-0.3, -0.25) is 4.79 Å². The number of piperidine rings is 1. The third-order valence-electron chi connectivity index (χ3n) is 5.48. The summed E-state index contributed by atoms with van der Waals surface area (Å²) in [6, 6.07) is 12.7. The third kappa shape index (κ3) is 7.04. The Bertz CT molecular complexity index is 803. The van der Waals surface area contributed by atoms with E-state index in [1.807, 2.05) is 6.07 Å². The zero-order valence-electron chi connectivity index (χ0n) is 16.8. The maximum absolute atomic E-state index is 13.7. The minimum absolute atomic E-state index is 0. The Hall–Kier alpha value is -2.02. The number of nitrogens with zero attached hydrogens (tertiary/aromatic N) is 1. The molecule has 4 nitrogen and oxygen atoms in total. The molecule has 0 radical (unpaired) electrons. The highest BCUT2D eigenvalue weighted by Gasteiger charge is 2.25. The summed E-state index contributed by atoms with van der Waals surface area (Å²) in [4.78, 5) is 13.3. The predicted molar refractivity (Wildman–Crippen MR) is 114 cm³/mol. The lowest BCUT2D eigenvalue weighted by molar-refractivity contribution is -0.143. The average Bonchev–Trinajstić information content (AvgIpc) is 2.72. The molecule has 1 saturated heterocycles. The van der Waals surface area contributed by atoms with Crippen LogP contribution in [0.4, 0.5) is 8.78 Å². The van der Waals surface area contributed by atoms with Crippen LogP contribution < -0.4 is 0 Å². The summed E-state index contributed by atoms with van der Waals surface area (Å²) in [5, 5.41) is 9.17. The lowest BCUT2D eigenvalue weighted by Crippen LogP contribution is -2.40. The molecule has 3 rings (SSSR count). The maximum atomic E-state index is 13.7. The summed E-state index contributed by atoms with van der Waals surface area (Å²) in [5.74, 6) is -1.71. The van der Waals surface area contributed by atoms with Gasteiger partial charge in [-0.25, -0.2) is 8.78 Å². The Morgan fingerprint density at radius 3 is 2.57 bits per heavy atom. The average molecular weight is 440 g/mol. The molecule has 1 N–H and O–H groups in total. The fourth-order valence-corrected chi connectivity index (χ4v) is 3.90. The van der Waals surface area contributed by atoms with Gasteiger partial charge in [0.05, 0.1) is 12.5 Å². The second-order valence-electron chi connectivity index (χ2n) is 7.54. The van der Waals surface area contributed by atoms with Crippen LogP contribution in [-0.2, 0) is 9.53 Å². The molecule has 2 atom stereocenters. The van der Waals surface area contributed by atoms with Crippen LogP contribution in [0.1, 0.15) is 36.3 Å². The van der Waals surface area contributed by atoms with Crippen LogP contribution in [0.3, 0.4) is 0 Å². The molecule has 0 amide bonds. The number of carboxylic acid groups (broad SMARTS) is 1. The Kier molecular flexibility index (Phi) is 9.69. The Labute approximate surface area is 182 Å². The zero-order chi connectivity index (χ0) is 20.6. The summed E-state index contributed by atoms with van der Waals surface area (Å²) in [7, 11) is 0. The fourth-order valence-electron chi connectivity index (χ4n) is 3.90. The van der Waals surface area contributed by atoms with Crippen LogP contribution in [-0.4, -0.2) is 48.8 Å². The molecule has 164 valence electrons. The summed E-state index contributed by atoms with van der Waals surface area (Å²) < 4.78 is 32.8. The van der Waals surface area contributed by atoms with E-state index in [4.69, 9.17) is 4.74 Å². The fraction of sp³-hybridized carbons (Fsp3) is 0.435. The van der Waals surface area contributed by atoms with Gasteiger partial charge in [-0.05, 0) is 61.2 Å². The lowest BCUT2D eigenvalue weighted by Gasteiger charge is -2.30. The summed E-state index contributed by atoms with van der Waals surface area (Å²) in [6.45, 7) is 3.17. The number of benzene rings is 2. The molecule has 0 bridgehead atoms. The number of aliphatic carboxylic acids is 1. The quantitative estimate of drug-likeness (QED) is 0.574. The van der Waals surface area contributed by atoms with E-state index in [1.54, 1.807) is 18.2 Å². The van der Waals surface area contributed by atoms with Gasteiger partial charge >= 0.3 is 5.97 Å². The first-order valence-electron chi connectivity index (χ1n) is 10.1. The Morgan fingerprint density at radius 2 is 1.87 bits per heavy atom. The van der Waals surface area contributed by atoms with Crippen molar-refractivity contribution in [2.24, 2.45) is 5.92 Å². The highest BCUT2D eigenvalue weighted by Crippen LogP contribution is 2.28. The number of hydrogen-bond acceptors (Lipinski definition) is 3. The van der Waals surface area contributed by atoms with Crippen LogP contribution in [0.5, 0.6) is 0 Å². The van der Waals surface area contributed by atoms with Crippen molar-refractivity contribution >= 4 is 18.4 Å². The molecule has 7 heteroatoms. The molecule has 0 aliphatic carbocycles. The van der Waals surface area contributed by atoms with E-state index in [9.17, 15) is 18.7 Å². The predicted octanol–water partition coefficient (Wildman–Crippen LogP) is 4.72.